The van der Waals surface area contributed by atoms with Gasteiger partial charge in [0.25, 0.3) is 0 Å². The molecular weight excluding hydrogens is 456 g/mol. The molecule has 0 spiro atoms. The van der Waals surface area contributed by atoms with E-state index in [1.807, 2.05) is 37.2 Å². The van der Waals surface area contributed by atoms with Gasteiger partial charge in [0, 0.05) is 37.4 Å². The molecule has 30 heavy (non-hydrogen) atoms. The largest absolute Gasteiger partial charge is 0.508 e. The van der Waals surface area contributed by atoms with E-state index in [1.54, 1.807) is 18.2 Å². The highest BCUT2D eigenvalue weighted by molar-refractivity contribution is 9.10. The van der Waals surface area contributed by atoms with Gasteiger partial charge in [0.2, 0.25) is 0 Å². The van der Waals surface area contributed by atoms with Crippen molar-refractivity contribution < 1.29 is 9.13 Å². The van der Waals surface area contributed by atoms with E-state index in [0.29, 0.717) is 12.2 Å². The van der Waals surface area contributed by atoms with E-state index in [9.17, 15) is 4.39 Å². The van der Waals surface area contributed by atoms with Crippen molar-refractivity contribution in [1.29, 1.82) is 0 Å². The normalized spacial score (nSPS) is 12.8. The van der Waals surface area contributed by atoms with Gasteiger partial charge in [-0.1, -0.05) is 32.9 Å². The van der Waals surface area contributed by atoms with Crippen LogP contribution in [0, 0.1) is 0 Å². The monoisotopic (exact) mass is 472 g/mol. The van der Waals surface area contributed by atoms with Gasteiger partial charge in [-0.15, -0.1) is 0 Å². The lowest BCUT2D eigenvalue weighted by atomic mass is 9.25. The van der Waals surface area contributed by atoms with Crippen LogP contribution in [0.4, 0.5) is 10.1 Å². The summed E-state index contributed by atoms with van der Waals surface area (Å²) in [5.41, 5.74) is 4.55. The third-order valence-corrected chi connectivity index (χ3v) is 5.98. The number of ether oxygens (including phenoxy) is 1. The van der Waals surface area contributed by atoms with Crippen LogP contribution >= 0.6 is 27.7 Å². The third kappa shape index (κ3) is 5.89. The number of benzene rings is 2. The van der Waals surface area contributed by atoms with Crippen molar-refractivity contribution in [2.45, 2.75) is 32.4 Å². The summed E-state index contributed by atoms with van der Waals surface area (Å²) < 4.78 is 20.4. The fourth-order valence-electron chi connectivity index (χ4n) is 2.49. The summed E-state index contributed by atoms with van der Waals surface area (Å²) in [6, 6.07) is 10.8. The minimum Gasteiger partial charge on any atom is -0.508 e. The van der Waals surface area contributed by atoms with E-state index in [-0.39, 0.29) is 5.75 Å². The molecule has 2 N–H and O–H groups in total. The molecule has 0 aliphatic carbocycles. The van der Waals surface area contributed by atoms with E-state index in [2.05, 4.69) is 15.9 Å². The van der Waals surface area contributed by atoms with Crippen LogP contribution in [0.1, 0.15) is 5.56 Å². The van der Waals surface area contributed by atoms with Gasteiger partial charge in [0.05, 0.1) is 15.7 Å². The predicted octanol–water partition coefficient (Wildman–Crippen LogP) is 2.03. The molecule has 0 fully saturated rings. The SMILES string of the molecule is [B]C([B])(F)C([B])([B])C([B])([B])Oc1ccc(Sc2ccc(Br)cc2N)c(CN(C)C)c1. The molecule has 2 aromatic rings. The summed E-state index contributed by atoms with van der Waals surface area (Å²) in [6.07, 6.45) is 0. The van der Waals surface area contributed by atoms with Crippen LogP contribution in [-0.4, -0.2) is 76.9 Å². The minimum absolute atomic E-state index is 0.217. The Hall–Kier alpha value is -0.850. The Morgan fingerprint density at radius 2 is 1.63 bits per heavy atom. The molecule has 0 saturated carbocycles. The molecule has 142 valence electrons. The van der Waals surface area contributed by atoms with Gasteiger partial charge in [0.1, 0.15) is 37.1 Å². The summed E-state index contributed by atoms with van der Waals surface area (Å²) in [5, 5.41) is -4.98. The van der Waals surface area contributed by atoms with Crippen LogP contribution in [0.15, 0.2) is 50.7 Å². The molecule has 0 heterocycles. The number of halogens is 2. The van der Waals surface area contributed by atoms with E-state index in [4.69, 9.17) is 57.5 Å². The lowest BCUT2D eigenvalue weighted by molar-refractivity contribution is 0.171. The highest BCUT2D eigenvalue weighted by Gasteiger charge is 2.47. The Kier molecular flexibility index (Phi) is 7.91. The predicted molar refractivity (Wildman–Crippen MR) is 131 cm³/mol. The Bertz CT molecular complexity index is 911. The van der Waals surface area contributed by atoms with Crippen molar-refractivity contribution >= 4 is 80.5 Å². The molecule has 0 unspecified atom stereocenters. The van der Waals surface area contributed by atoms with E-state index in [0.717, 1.165) is 19.8 Å². The van der Waals surface area contributed by atoms with Gasteiger partial charge in [-0.05, 0) is 56.1 Å². The lowest BCUT2D eigenvalue weighted by Crippen LogP contribution is -2.60. The Morgan fingerprint density at radius 1 is 1.03 bits per heavy atom. The number of anilines is 1. The quantitative estimate of drug-likeness (QED) is 0.472. The lowest BCUT2D eigenvalue weighted by Gasteiger charge is -2.51. The summed E-state index contributed by atoms with van der Waals surface area (Å²) in [7, 11) is 37.1. The molecular formula is C18H16B6BrFN2OS. The summed E-state index contributed by atoms with van der Waals surface area (Å²) in [6.45, 7) is 0.565. The van der Waals surface area contributed by atoms with E-state index < -0.39 is 16.1 Å². The van der Waals surface area contributed by atoms with Gasteiger partial charge < -0.3 is 15.4 Å². The van der Waals surface area contributed by atoms with Gasteiger partial charge in [-0.2, -0.15) is 0 Å². The van der Waals surface area contributed by atoms with Crippen LogP contribution in [0.5, 0.6) is 5.75 Å². The topological polar surface area (TPSA) is 38.5 Å². The highest BCUT2D eigenvalue weighted by atomic mass is 79.9. The second kappa shape index (κ2) is 9.33. The molecule has 3 nitrogen and oxygen atoms in total. The fraction of sp³-hybridized carbons (Fsp3) is 0.333. The molecule has 0 bridgehead atoms. The highest BCUT2D eigenvalue weighted by Crippen LogP contribution is 2.42. The first-order valence-corrected chi connectivity index (χ1v) is 10.4. The maximum absolute atomic E-state index is 14.0. The zero-order valence-electron chi connectivity index (χ0n) is 16.7. The van der Waals surface area contributed by atoms with Crippen molar-refractivity contribution in [2.75, 3.05) is 19.8 Å². The number of nitrogens with zero attached hydrogens (tertiary/aromatic N) is 1. The number of nitrogens with two attached hydrogens (primary N) is 1. The summed E-state index contributed by atoms with van der Waals surface area (Å²) in [4.78, 5) is 3.78. The van der Waals surface area contributed by atoms with Crippen molar-refractivity contribution in [2.24, 2.45) is 0 Å². The molecule has 2 rings (SSSR count). The fourth-order valence-corrected chi connectivity index (χ4v) is 3.81. The van der Waals surface area contributed by atoms with E-state index in [1.165, 1.54) is 11.8 Å². The second-order valence-electron chi connectivity index (χ2n) is 7.32. The molecule has 12 heteroatoms. The zero-order valence-corrected chi connectivity index (χ0v) is 19.1. The van der Waals surface area contributed by atoms with Crippen molar-refractivity contribution in [1.82, 2.24) is 4.90 Å². The average Bonchev–Trinajstić information content (AvgIpc) is 2.57. The first-order chi connectivity index (χ1) is 13.6. The number of hydrogen-bond acceptors (Lipinski definition) is 4. The minimum atomic E-state index is -3.09. The first kappa shape index (κ1) is 25.4. The van der Waals surface area contributed by atoms with Crippen LogP contribution in [-0.2, 0) is 6.54 Å². The average molecular weight is 472 g/mol. The van der Waals surface area contributed by atoms with Gasteiger partial charge in [-0.3, -0.25) is 4.39 Å². The van der Waals surface area contributed by atoms with Crippen LogP contribution in [0.2, 0.25) is 5.21 Å². The number of rotatable bonds is 8. The van der Waals surface area contributed by atoms with Crippen LogP contribution in [0.25, 0.3) is 0 Å². The first-order valence-electron chi connectivity index (χ1n) is 8.76. The molecule has 0 aliphatic heterocycles. The number of hydrogen-bond donors (Lipinski definition) is 1. The molecule has 0 aliphatic rings. The standard InChI is InChI=1S/C18H16B6BrFN2OS/c1-28(2)9-10-7-12(29-18(23,24)16(19,20)17(21,22)26)4-6-14(10)30-15-5-3-11(25)8-13(15)27/h3-8H,9,27H2,1-2H3. The van der Waals surface area contributed by atoms with Crippen LogP contribution in [0.3, 0.4) is 0 Å². The maximum Gasteiger partial charge on any atom is 0.118 e. The molecule has 2 aromatic carbocycles. The Balaban J connectivity index is 2.38. The number of nitrogen functional groups attached to an aromatic ring is 1. The molecule has 12 radical (unpaired) electrons. The van der Waals surface area contributed by atoms with Crippen molar-refractivity contribution in [3.8, 4) is 5.75 Å². The van der Waals surface area contributed by atoms with Crippen LogP contribution < -0.4 is 10.5 Å². The number of alkyl halides is 1. The summed E-state index contributed by atoms with van der Waals surface area (Å²) >= 11 is 4.88. The smallest absolute Gasteiger partial charge is 0.118 e. The Labute approximate surface area is 198 Å². The van der Waals surface area contributed by atoms with Gasteiger partial charge in [0.15, 0.2) is 0 Å². The summed E-state index contributed by atoms with van der Waals surface area (Å²) in [5.74, 6) is 0.217. The zero-order chi connectivity index (χ0) is 22.9. The van der Waals surface area contributed by atoms with E-state index >= 15 is 0 Å². The molecule has 0 aromatic heterocycles. The van der Waals surface area contributed by atoms with Gasteiger partial charge in [-0.25, -0.2) is 0 Å². The molecule has 0 amide bonds. The maximum atomic E-state index is 14.0. The second-order valence-corrected chi connectivity index (χ2v) is 9.32. The molecule has 0 atom stereocenters. The molecule has 0 saturated heterocycles. The third-order valence-electron chi connectivity index (χ3n) is 4.28. The van der Waals surface area contributed by atoms with Crippen molar-refractivity contribution in [3.05, 3.63) is 46.4 Å². The van der Waals surface area contributed by atoms with Gasteiger partial charge >= 0.3 is 0 Å². The Morgan fingerprint density at radius 3 is 2.17 bits per heavy atom. The van der Waals surface area contributed by atoms with Crippen molar-refractivity contribution in [3.63, 3.8) is 0 Å².